The Morgan fingerprint density at radius 2 is 1.67 bits per heavy atom. The third-order valence-corrected chi connectivity index (χ3v) is 2.34. The van der Waals surface area contributed by atoms with E-state index in [0.29, 0.717) is 0 Å². The van der Waals surface area contributed by atoms with E-state index in [4.69, 9.17) is 0 Å². The molecule has 0 aromatic heterocycles. The molecule has 2 aromatic carbocycles. The number of benzene rings is 2. The van der Waals surface area contributed by atoms with Crippen molar-refractivity contribution in [2.45, 2.75) is 6.61 Å². The Morgan fingerprint density at radius 3 is 2.33 bits per heavy atom. The summed E-state index contributed by atoms with van der Waals surface area (Å²) in [5, 5.41) is 18.5. The predicted molar refractivity (Wildman–Crippen MR) is 59.5 cm³/mol. The van der Waals surface area contributed by atoms with Crippen LogP contribution in [0.25, 0.3) is 11.1 Å². The third kappa shape index (κ3) is 2.00. The zero-order valence-corrected chi connectivity index (χ0v) is 8.22. The van der Waals surface area contributed by atoms with Gasteiger partial charge in [0.1, 0.15) is 5.75 Å². The van der Waals surface area contributed by atoms with E-state index >= 15 is 0 Å². The highest BCUT2D eigenvalue weighted by Gasteiger charge is 2.04. The minimum absolute atomic E-state index is 0.0708. The van der Waals surface area contributed by atoms with Gasteiger partial charge < -0.3 is 10.2 Å². The number of hydrogen-bond donors (Lipinski definition) is 2. The molecule has 2 nitrogen and oxygen atoms in total. The second-order valence-electron chi connectivity index (χ2n) is 3.37. The molecule has 2 aromatic rings. The van der Waals surface area contributed by atoms with E-state index in [2.05, 4.69) is 0 Å². The topological polar surface area (TPSA) is 40.5 Å². The number of phenolic OH excluding ortho intramolecular Hbond substituents is 1. The molecule has 0 bridgehead atoms. The first-order valence-corrected chi connectivity index (χ1v) is 4.79. The number of aromatic hydroxyl groups is 1. The molecule has 2 heteroatoms. The summed E-state index contributed by atoms with van der Waals surface area (Å²) in [6, 6.07) is 14.8. The number of hydrogen-bond acceptors (Lipinski definition) is 2. The summed E-state index contributed by atoms with van der Waals surface area (Å²) in [6.45, 7) is -0.0708. The zero-order chi connectivity index (χ0) is 10.7. The van der Waals surface area contributed by atoms with E-state index in [-0.39, 0.29) is 12.4 Å². The van der Waals surface area contributed by atoms with Gasteiger partial charge in [-0.15, -0.1) is 0 Å². The van der Waals surface area contributed by atoms with Crippen molar-refractivity contribution in [2.24, 2.45) is 0 Å². The fraction of sp³-hybridized carbons (Fsp3) is 0.0769. The van der Waals surface area contributed by atoms with Gasteiger partial charge in [-0.05, 0) is 28.8 Å². The minimum atomic E-state index is -0.0708. The Kier molecular flexibility index (Phi) is 2.70. The summed E-state index contributed by atoms with van der Waals surface area (Å²) in [7, 11) is 0. The molecule has 0 unspecified atom stereocenters. The summed E-state index contributed by atoms with van der Waals surface area (Å²) in [4.78, 5) is 0. The molecule has 0 atom stereocenters. The molecule has 0 amide bonds. The number of aliphatic hydroxyl groups excluding tert-OH is 1. The highest BCUT2D eigenvalue weighted by atomic mass is 16.3. The van der Waals surface area contributed by atoms with Crippen LogP contribution in [0.4, 0.5) is 0 Å². The highest BCUT2D eigenvalue weighted by Crippen LogP contribution is 2.26. The summed E-state index contributed by atoms with van der Waals surface area (Å²) >= 11 is 0. The summed E-state index contributed by atoms with van der Waals surface area (Å²) in [6.07, 6.45) is 0. The summed E-state index contributed by atoms with van der Waals surface area (Å²) < 4.78 is 0. The molecule has 0 fully saturated rings. The van der Waals surface area contributed by atoms with Crippen molar-refractivity contribution >= 4 is 0 Å². The SMILES string of the molecule is OCc1cc(O)ccc1-c1ccccc1. The largest absolute Gasteiger partial charge is 0.508 e. The number of phenols is 1. The van der Waals surface area contributed by atoms with Crippen LogP contribution in [-0.2, 0) is 6.61 Å². The third-order valence-electron chi connectivity index (χ3n) is 2.34. The molecular weight excluding hydrogens is 188 g/mol. The molecule has 0 aliphatic rings. The Balaban J connectivity index is 2.53. The van der Waals surface area contributed by atoms with Crippen molar-refractivity contribution in [2.75, 3.05) is 0 Å². The predicted octanol–water partition coefficient (Wildman–Crippen LogP) is 2.55. The Hall–Kier alpha value is -1.80. The van der Waals surface area contributed by atoms with Gasteiger partial charge in [-0.3, -0.25) is 0 Å². The molecule has 76 valence electrons. The average molecular weight is 200 g/mol. The summed E-state index contributed by atoms with van der Waals surface area (Å²) in [5.74, 6) is 0.179. The first-order valence-electron chi connectivity index (χ1n) is 4.79. The van der Waals surface area contributed by atoms with Gasteiger partial charge in [-0.1, -0.05) is 36.4 Å². The fourth-order valence-electron chi connectivity index (χ4n) is 1.61. The van der Waals surface area contributed by atoms with Crippen LogP contribution in [0.5, 0.6) is 5.75 Å². The molecule has 15 heavy (non-hydrogen) atoms. The lowest BCUT2D eigenvalue weighted by Gasteiger charge is -2.07. The van der Waals surface area contributed by atoms with E-state index in [1.54, 1.807) is 12.1 Å². The standard InChI is InChI=1S/C13H12O2/c14-9-11-8-12(15)6-7-13(11)10-4-2-1-3-5-10/h1-8,14-15H,9H2. The van der Waals surface area contributed by atoms with Crippen molar-refractivity contribution in [3.63, 3.8) is 0 Å². The van der Waals surface area contributed by atoms with E-state index in [9.17, 15) is 10.2 Å². The Morgan fingerprint density at radius 1 is 0.933 bits per heavy atom. The molecule has 0 aliphatic heterocycles. The van der Waals surface area contributed by atoms with Gasteiger partial charge in [0.15, 0.2) is 0 Å². The quantitative estimate of drug-likeness (QED) is 0.782. The molecule has 2 rings (SSSR count). The van der Waals surface area contributed by atoms with Crippen molar-refractivity contribution in [1.29, 1.82) is 0 Å². The van der Waals surface area contributed by atoms with Crippen LogP contribution >= 0.6 is 0 Å². The lowest BCUT2D eigenvalue weighted by atomic mass is 10.00. The van der Waals surface area contributed by atoms with Gasteiger partial charge in [0.25, 0.3) is 0 Å². The molecule has 0 saturated heterocycles. The number of rotatable bonds is 2. The monoisotopic (exact) mass is 200 g/mol. The number of aliphatic hydroxyl groups is 1. The van der Waals surface area contributed by atoms with Gasteiger partial charge in [0, 0.05) is 0 Å². The van der Waals surface area contributed by atoms with E-state index < -0.39 is 0 Å². The van der Waals surface area contributed by atoms with Gasteiger partial charge in [0.05, 0.1) is 6.61 Å². The molecule has 0 spiro atoms. The van der Waals surface area contributed by atoms with Gasteiger partial charge in [-0.2, -0.15) is 0 Å². The van der Waals surface area contributed by atoms with Crippen LogP contribution in [0.3, 0.4) is 0 Å². The molecular formula is C13H12O2. The minimum Gasteiger partial charge on any atom is -0.508 e. The van der Waals surface area contributed by atoms with Gasteiger partial charge >= 0.3 is 0 Å². The molecule has 0 heterocycles. The molecule has 2 N–H and O–H groups in total. The van der Waals surface area contributed by atoms with Crippen LogP contribution in [0.15, 0.2) is 48.5 Å². The van der Waals surface area contributed by atoms with Crippen molar-refractivity contribution in [3.8, 4) is 16.9 Å². The maximum absolute atomic E-state index is 9.30. The van der Waals surface area contributed by atoms with Crippen LogP contribution < -0.4 is 0 Å². The van der Waals surface area contributed by atoms with E-state index in [1.807, 2.05) is 36.4 Å². The van der Waals surface area contributed by atoms with E-state index in [1.165, 1.54) is 0 Å². The van der Waals surface area contributed by atoms with Crippen molar-refractivity contribution < 1.29 is 10.2 Å². The van der Waals surface area contributed by atoms with E-state index in [0.717, 1.165) is 16.7 Å². The first kappa shape index (κ1) is 9.74. The van der Waals surface area contributed by atoms with Crippen molar-refractivity contribution in [3.05, 3.63) is 54.1 Å². The van der Waals surface area contributed by atoms with Gasteiger partial charge in [0.2, 0.25) is 0 Å². The lowest BCUT2D eigenvalue weighted by Crippen LogP contribution is -1.88. The maximum Gasteiger partial charge on any atom is 0.115 e. The van der Waals surface area contributed by atoms with Crippen LogP contribution in [0.1, 0.15) is 5.56 Å². The van der Waals surface area contributed by atoms with Crippen molar-refractivity contribution in [1.82, 2.24) is 0 Å². The smallest absolute Gasteiger partial charge is 0.115 e. The zero-order valence-electron chi connectivity index (χ0n) is 8.22. The first-order chi connectivity index (χ1) is 7.31. The average Bonchev–Trinajstić information content (AvgIpc) is 2.30. The molecule has 0 radical (unpaired) electrons. The fourth-order valence-corrected chi connectivity index (χ4v) is 1.61. The van der Waals surface area contributed by atoms with Gasteiger partial charge in [-0.25, -0.2) is 0 Å². The van der Waals surface area contributed by atoms with Crippen LogP contribution in [-0.4, -0.2) is 10.2 Å². The van der Waals surface area contributed by atoms with Crippen LogP contribution in [0.2, 0.25) is 0 Å². The lowest BCUT2D eigenvalue weighted by molar-refractivity contribution is 0.281. The molecule has 0 saturated carbocycles. The second kappa shape index (κ2) is 4.15. The Labute approximate surface area is 88.4 Å². The molecule has 0 aliphatic carbocycles. The highest BCUT2D eigenvalue weighted by molar-refractivity contribution is 5.68. The van der Waals surface area contributed by atoms with Crippen LogP contribution in [0, 0.1) is 0 Å². The normalized spacial score (nSPS) is 10.2. The summed E-state index contributed by atoms with van der Waals surface area (Å²) in [5.41, 5.74) is 2.73. The maximum atomic E-state index is 9.30. The Bertz CT molecular complexity index is 449. The second-order valence-corrected chi connectivity index (χ2v) is 3.37.